The Morgan fingerprint density at radius 1 is 1.04 bits per heavy atom. The first-order valence-corrected chi connectivity index (χ1v) is 8.79. The predicted octanol–water partition coefficient (Wildman–Crippen LogP) is 3.44. The molecule has 3 rings (SSSR count). The van der Waals surface area contributed by atoms with E-state index in [0.29, 0.717) is 0 Å². The maximum Gasteiger partial charge on any atom is 0.263 e. The average molecular weight is 327 g/mol. The molecule has 0 saturated heterocycles. The lowest BCUT2D eigenvalue weighted by Crippen LogP contribution is -2.13. The Labute approximate surface area is 135 Å². The molecule has 0 amide bonds. The normalized spacial score (nSPS) is 11.3. The van der Waals surface area contributed by atoms with Gasteiger partial charge in [-0.3, -0.25) is 9.82 Å². The minimum absolute atomic E-state index is 0.221. The molecule has 0 aliphatic carbocycles. The molecule has 2 N–H and O–H groups in total. The summed E-state index contributed by atoms with van der Waals surface area (Å²) >= 11 is 0. The van der Waals surface area contributed by atoms with Crippen LogP contribution in [0.15, 0.2) is 65.6 Å². The zero-order chi connectivity index (χ0) is 16.3. The van der Waals surface area contributed by atoms with Crippen LogP contribution >= 0.6 is 0 Å². The Bertz CT molecular complexity index is 885. The van der Waals surface area contributed by atoms with Gasteiger partial charge in [0.2, 0.25) is 0 Å². The third-order valence-electron chi connectivity index (χ3n) is 3.54. The monoisotopic (exact) mass is 327 g/mol. The molecular formula is C17H17N3O2S. The van der Waals surface area contributed by atoms with Crippen molar-refractivity contribution in [3.63, 3.8) is 0 Å². The van der Waals surface area contributed by atoms with Gasteiger partial charge in [-0.25, -0.2) is 8.42 Å². The Morgan fingerprint density at radius 2 is 1.74 bits per heavy atom. The average Bonchev–Trinajstić information content (AvgIpc) is 3.03. The number of nitrogens with zero attached hydrogens (tertiary/aromatic N) is 1. The van der Waals surface area contributed by atoms with E-state index >= 15 is 0 Å². The van der Waals surface area contributed by atoms with E-state index in [0.717, 1.165) is 23.2 Å². The first-order chi connectivity index (χ1) is 11.1. The van der Waals surface area contributed by atoms with Crippen LogP contribution in [0.2, 0.25) is 0 Å². The molecule has 0 unspecified atom stereocenters. The van der Waals surface area contributed by atoms with Gasteiger partial charge in [0.05, 0.1) is 10.6 Å². The highest BCUT2D eigenvalue weighted by molar-refractivity contribution is 7.92. The second-order valence-corrected chi connectivity index (χ2v) is 6.82. The summed E-state index contributed by atoms with van der Waals surface area (Å²) in [6, 6.07) is 18.1. The first kappa shape index (κ1) is 15.3. The lowest BCUT2D eigenvalue weighted by Gasteiger charge is -2.05. The summed E-state index contributed by atoms with van der Waals surface area (Å²) in [5.41, 5.74) is 2.79. The van der Waals surface area contributed by atoms with Crippen LogP contribution in [0.3, 0.4) is 0 Å². The van der Waals surface area contributed by atoms with Crippen molar-refractivity contribution in [1.29, 1.82) is 0 Å². The molecule has 23 heavy (non-hydrogen) atoms. The van der Waals surface area contributed by atoms with E-state index in [4.69, 9.17) is 0 Å². The van der Waals surface area contributed by atoms with Crippen LogP contribution in [0.25, 0.3) is 11.3 Å². The third-order valence-corrected chi connectivity index (χ3v) is 4.91. The summed E-state index contributed by atoms with van der Waals surface area (Å²) < 4.78 is 27.3. The number of rotatable bonds is 5. The summed E-state index contributed by atoms with van der Waals surface area (Å²) in [6.07, 6.45) is 0.869. The molecular weight excluding hydrogens is 310 g/mol. The Morgan fingerprint density at radius 3 is 2.39 bits per heavy atom. The minimum atomic E-state index is -3.64. The molecule has 1 aromatic heterocycles. The van der Waals surface area contributed by atoms with Crippen molar-refractivity contribution in [2.75, 3.05) is 4.72 Å². The van der Waals surface area contributed by atoms with Gasteiger partial charge in [0.25, 0.3) is 10.0 Å². The number of aryl methyl sites for hydroxylation is 1. The molecule has 3 aromatic rings. The predicted molar refractivity (Wildman–Crippen MR) is 90.7 cm³/mol. The highest BCUT2D eigenvalue weighted by Crippen LogP contribution is 2.21. The van der Waals surface area contributed by atoms with Crippen molar-refractivity contribution >= 4 is 15.8 Å². The molecule has 5 nitrogen and oxygen atoms in total. The maximum atomic E-state index is 12.4. The summed E-state index contributed by atoms with van der Waals surface area (Å²) in [6.45, 7) is 2.02. The fraction of sp³-hybridized carbons (Fsp3) is 0.118. The zero-order valence-corrected chi connectivity index (χ0v) is 13.5. The number of aromatic nitrogens is 2. The largest absolute Gasteiger partial charge is 0.276 e. The number of sulfonamides is 1. The molecule has 0 aliphatic rings. The van der Waals surface area contributed by atoms with E-state index in [1.807, 2.05) is 49.4 Å². The SMILES string of the molecule is CCc1ccc(S(=O)(=O)Nc2cc(-c3ccccc3)[nH]n2)cc1. The van der Waals surface area contributed by atoms with Crippen LogP contribution in [0.4, 0.5) is 5.82 Å². The van der Waals surface area contributed by atoms with Crippen LogP contribution < -0.4 is 4.72 Å². The number of anilines is 1. The van der Waals surface area contributed by atoms with E-state index in [1.54, 1.807) is 18.2 Å². The molecule has 0 fully saturated rings. The van der Waals surface area contributed by atoms with Crippen LogP contribution in [0, 0.1) is 0 Å². The molecule has 118 valence electrons. The van der Waals surface area contributed by atoms with Gasteiger partial charge in [-0.15, -0.1) is 0 Å². The fourth-order valence-electron chi connectivity index (χ4n) is 2.24. The topological polar surface area (TPSA) is 74.8 Å². The lowest BCUT2D eigenvalue weighted by molar-refractivity contribution is 0.601. The van der Waals surface area contributed by atoms with Gasteiger partial charge < -0.3 is 0 Å². The number of aromatic amines is 1. The second-order valence-electron chi connectivity index (χ2n) is 5.14. The number of hydrogen-bond donors (Lipinski definition) is 2. The Hall–Kier alpha value is -2.60. The molecule has 0 bridgehead atoms. The van der Waals surface area contributed by atoms with Gasteiger partial charge in [-0.2, -0.15) is 5.10 Å². The summed E-state index contributed by atoms with van der Waals surface area (Å²) in [5.74, 6) is 0.267. The van der Waals surface area contributed by atoms with Crippen molar-refractivity contribution in [2.45, 2.75) is 18.2 Å². The van der Waals surface area contributed by atoms with Crippen molar-refractivity contribution in [3.8, 4) is 11.3 Å². The van der Waals surface area contributed by atoms with Crippen molar-refractivity contribution in [2.24, 2.45) is 0 Å². The first-order valence-electron chi connectivity index (χ1n) is 7.31. The molecule has 0 radical (unpaired) electrons. The van der Waals surface area contributed by atoms with E-state index in [2.05, 4.69) is 14.9 Å². The van der Waals surface area contributed by atoms with E-state index in [1.165, 1.54) is 0 Å². The van der Waals surface area contributed by atoms with Gasteiger partial charge in [-0.05, 0) is 29.7 Å². The summed E-state index contributed by atoms with van der Waals surface area (Å²) in [5, 5.41) is 6.86. The van der Waals surface area contributed by atoms with Gasteiger partial charge >= 0.3 is 0 Å². The van der Waals surface area contributed by atoms with E-state index in [9.17, 15) is 8.42 Å². The van der Waals surface area contributed by atoms with Gasteiger partial charge in [0.1, 0.15) is 0 Å². The standard InChI is InChI=1S/C17H17N3O2S/c1-2-13-8-10-15(11-9-13)23(21,22)20-17-12-16(18-19-17)14-6-4-3-5-7-14/h3-12H,2H2,1H3,(H2,18,19,20). The van der Waals surface area contributed by atoms with Crippen LogP contribution in [0.1, 0.15) is 12.5 Å². The van der Waals surface area contributed by atoms with E-state index in [-0.39, 0.29) is 10.7 Å². The molecule has 0 spiro atoms. The van der Waals surface area contributed by atoms with Crippen LogP contribution in [-0.4, -0.2) is 18.6 Å². The van der Waals surface area contributed by atoms with Crippen LogP contribution in [0.5, 0.6) is 0 Å². The summed E-state index contributed by atoms with van der Waals surface area (Å²) in [4.78, 5) is 0.221. The van der Waals surface area contributed by atoms with Crippen molar-refractivity contribution < 1.29 is 8.42 Å². The quantitative estimate of drug-likeness (QED) is 0.754. The summed E-state index contributed by atoms with van der Waals surface area (Å²) in [7, 11) is -3.64. The molecule has 2 aromatic carbocycles. The minimum Gasteiger partial charge on any atom is -0.276 e. The Balaban J connectivity index is 1.82. The van der Waals surface area contributed by atoms with Crippen molar-refractivity contribution in [3.05, 3.63) is 66.2 Å². The van der Waals surface area contributed by atoms with Crippen LogP contribution in [-0.2, 0) is 16.4 Å². The molecule has 1 heterocycles. The van der Waals surface area contributed by atoms with E-state index < -0.39 is 10.0 Å². The molecule has 0 saturated carbocycles. The molecule has 6 heteroatoms. The molecule has 0 atom stereocenters. The smallest absolute Gasteiger partial charge is 0.263 e. The Kier molecular flexibility index (Phi) is 4.16. The fourth-order valence-corrected chi connectivity index (χ4v) is 3.23. The maximum absolute atomic E-state index is 12.4. The highest BCUT2D eigenvalue weighted by atomic mass is 32.2. The molecule has 0 aliphatic heterocycles. The number of hydrogen-bond acceptors (Lipinski definition) is 3. The van der Waals surface area contributed by atoms with Gasteiger partial charge in [-0.1, -0.05) is 49.4 Å². The lowest BCUT2D eigenvalue weighted by atomic mass is 10.2. The van der Waals surface area contributed by atoms with Crippen molar-refractivity contribution in [1.82, 2.24) is 10.2 Å². The number of H-pyrrole nitrogens is 1. The highest BCUT2D eigenvalue weighted by Gasteiger charge is 2.16. The van der Waals surface area contributed by atoms with Gasteiger partial charge in [0.15, 0.2) is 5.82 Å². The second kappa shape index (κ2) is 6.26. The third kappa shape index (κ3) is 3.43. The number of benzene rings is 2. The zero-order valence-electron chi connectivity index (χ0n) is 12.7. The number of nitrogens with one attached hydrogen (secondary N) is 2. The van der Waals surface area contributed by atoms with Gasteiger partial charge in [0, 0.05) is 6.07 Å².